The van der Waals surface area contributed by atoms with Crippen molar-refractivity contribution in [1.29, 1.82) is 0 Å². The molecule has 2 rings (SSSR count). The molecular formula is C12H12N2O. The second kappa shape index (κ2) is 3.69. The highest BCUT2D eigenvalue weighted by Crippen LogP contribution is 2.22. The van der Waals surface area contributed by atoms with Gasteiger partial charge in [0.25, 0.3) is 0 Å². The number of benzene rings is 1. The molecule has 3 heteroatoms. The zero-order chi connectivity index (χ0) is 10.8. The molecule has 0 aliphatic rings. The largest absolute Gasteiger partial charge is 0.296 e. The lowest BCUT2D eigenvalue weighted by molar-refractivity contribution is 0.111. The molecule has 0 radical (unpaired) electrons. The molecule has 0 unspecified atom stereocenters. The van der Waals surface area contributed by atoms with Crippen LogP contribution in [0.2, 0.25) is 0 Å². The van der Waals surface area contributed by atoms with E-state index in [1.54, 1.807) is 17.9 Å². The Hall–Kier alpha value is -1.90. The summed E-state index contributed by atoms with van der Waals surface area (Å²) in [5.41, 5.74) is 3.72. The van der Waals surface area contributed by atoms with Crippen molar-refractivity contribution in [2.24, 2.45) is 7.05 Å². The first-order valence-electron chi connectivity index (χ1n) is 4.76. The van der Waals surface area contributed by atoms with Gasteiger partial charge in [-0.25, -0.2) is 0 Å². The fourth-order valence-corrected chi connectivity index (χ4v) is 1.54. The Morgan fingerprint density at radius 1 is 1.27 bits per heavy atom. The fraction of sp³-hybridized carbons (Fsp3) is 0.167. The quantitative estimate of drug-likeness (QED) is 0.696. The van der Waals surface area contributed by atoms with E-state index in [4.69, 9.17) is 0 Å². The summed E-state index contributed by atoms with van der Waals surface area (Å²) >= 11 is 0. The maximum absolute atomic E-state index is 10.9. The van der Waals surface area contributed by atoms with Crippen LogP contribution in [0.3, 0.4) is 0 Å². The van der Waals surface area contributed by atoms with E-state index in [1.165, 1.54) is 5.56 Å². The maximum Gasteiger partial charge on any atom is 0.168 e. The van der Waals surface area contributed by atoms with E-state index in [9.17, 15) is 4.79 Å². The van der Waals surface area contributed by atoms with Gasteiger partial charge in [-0.15, -0.1) is 0 Å². The molecule has 0 saturated carbocycles. The molecule has 0 N–H and O–H groups in total. The van der Waals surface area contributed by atoms with Crippen molar-refractivity contribution < 1.29 is 4.79 Å². The lowest BCUT2D eigenvalue weighted by Gasteiger charge is -2.00. The molecule has 0 bridgehead atoms. The number of nitrogens with zero attached hydrogens (tertiary/aromatic N) is 2. The van der Waals surface area contributed by atoms with Crippen molar-refractivity contribution in [1.82, 2.24) is 9.78 Å². The van der Waals surface area contributed by atoms with Gasteiger partial charge in [0.2, 0.25) is 0 Å². The summed E-state index contributed by atoms with van der Waals surface area (Å²) in [6.45, 7) is 2.04. The lowest BCUT2D eigenvalue weighted by atomic mass is 10.1. The minimum Gasteiger partial charge on any atom is -0.296 e. The predicted molar refractivity (Wildman–Crippen MR) is 58.8 cm³/mol. The van der Waals surface area contributed by atoms with Gasteiger partial charge in [-0.2, -0.15) is 5.10 Å². The zero-order valence-corrected chi connectivity index (χ0v) is 8.77. The number of carbonyl (C=O) groups is 1. The van der Waals surface area contributed by atoms with Gasteiger partial charge in [0.15, 0.2) is 6.29 Å². The van der Waals surface area contributed by atoms with E-state index in [-0.39, 0.29) is 0 Å². The smallest absolute Gasteiger partial charge is 0.168 e. The molecule has 2 aromatic rings. The second-order valence-electron chi connectivity index (χ2n) is 3.55. The number of aromatic nitrogens is 2. The van der Waals surface area contributed by atoms with Crippen LogP contribution in [0.25, 0.3) is 11.1 Å². The summed E-state index contributed by atoms with van der Waals surface area (Å²) in [7, 11) is 1.77. The lowest BCUT2D eigenvalue weighted by Crippen LogP contribution is -1.96. The SMILES string of the molecule is Cc1ccc(-c2cnn(C)c2C=O)cc1. The maximum atomic E-state index is 10.9. The summed E-state index contributed by atoms with van der Waals surface area (Å²) < 4.78 is 1.59. The Balaban J connectivity index is 2.53. The minimum atomic E-state index is 0.610. The highest BCUT2D eigenvalue weighted by atomic mass is 16.1. The summed E-state index contributed by atoms with van der Waals surface area (Å²) in [4.78, 5) is 10.9. The van der Waals surface area contributed by atoms with Crippen molar-refractivity contribution in [2.45, 2.75) is 6.92 Å². The number of carbonyl (C=O) groups excluding carboxylic acids is 1. The molecule has 0 fully saturated rings. The van der Waals surface area contributed by atoms with Crippen LogP contribution in [0.15, 0.2) is 30.5 Å². The van der Waals surface area contributed by atoms with Crippen LogP contribution in [0.4, 0.5) is 0 Å². The minimum absolute atomic E-state index is 0.610. The van der Waals surface area contributed by atoms with Gasteiger partial charge in [-0.1, -0.05) is 29.8 Å². The Morgan fingerprint density at radius 2 is 1.93 bits per heavy atom. The Morgan fingerprint density at radius 3 is 2.53 bits per heavy atom. The van der Waals surface area contributed by atoms with Crippen molar-refractivity contribution in [3.63, 3.8) is 0 Å². The summed E-state index contributed by atoms with van der Waals surface area (Å²) in [6, 6.07) is 8.05. The van der Waals surface area contributed by atoms with Gasteiger partial charge in [-0.3, -0.25) is 9.48 Å². The first kappa shape index (κ1) is 9.65. The van der Waals surface area contributed by atoms with E-state index < -0.39 is 0 Å². The van der Waals surface area contributed by atoms with E-state index >= 15 is 0 Å². The topological polar surface area (TPSA) is 34.9 Å². The Bertz CT molecular complexity index is 483. The molecule has 0 spiro atoms. The van der Waals surface area contributed by atoms with Gasteiger partial charge in [0, 0.05) is 12.6 Å². The third kappa shape index (κ3) is 1.68. The third-order valence-corrected chi connectivity index (χ3v) is 2.46. The van der Waals surface area contributed by atoms with Crippen LogP contribution < -0.4 is 0 Å². The molecule has 0 saturated heterocycles. The zero-order valence-electron chi connectivity index (χ0n) is 8.77. The average molecular weight is 200 g/mol. The van der Waals surface area contributed by atoms with Crippen LogP contribution in [-0.2, 0) is 7.05 Å². The molecule has 1 heterocycles. The highest BCUT2D eigenvalue weighted by Gasteiger charge is 2.08. The van der Waals surface area contributed by atoms with Crippen LogP contribution in [0.1, 0.15) is 16.1 Å². The Kier molecular flexibility index (Phi) is 2.37. The summed E-state index contributed by atoms with van der Waals surface area (Å²) in [5, 5.41) is 4.07. The van der Waals surface area contributed by atoms with Crippen LogP contribution in [-0.4, -0.2) is 16.1 Å². The molecular weight excluding hydrogens is 188 g/mol. The van der Waals surface area contributed by atoms with Crippen LogP contribution >= 0.6 is 0 Å². The summed E-state index contributed by atoms with van der Waals surface area (Å²) in [5.74, 6) is 0. The molecule has 0 amide bonds. The predicted octanol–water partition coefficient (Wildman–Crippen LogP) is 2.21. The first-order valence-corrected chi connectivity index (χ1v) is 4.76. The third-order valence-electron chi connectivity index (χ3n) is 2.46. The van der Waals surface area contributed by atoms with Gasteiger partial charge < -0.3 is 0 Å². The van der Waals surface area contributed by atoms with Gasteiger partial charge in [-0.05, 0) is 12.5 Å². The molecule has 1 aromatic carbocycles. The first-order chi connectivity index (χ1) is 7.22. The van der Waals surface area contributed by atoms with E-state index in [0.717, 1.165) is 17.4 Å². The average Bonchev–Trinajstić information content (AvgIpc) is 2.61. The molecule has 3 nitrogen and oxygen atoms in total. The number of hydrogen-bond acceptors (Lipinski definition) is 2. The second-order valence-corrected chi connectivity index (χ2v) is 3.55. The normalized spacial score (nSPS) is 10.3. The Labute approximate surface area is 88.4 Å². The molecule has 0 aliphatic heterocycles. The standard InChI is InChI=1S/C12H12N2O/c1-9-3-5-10(6-4-9)11-7-13-14(2)12(11)8-15/h3-8H,1-2H3. The van der Waals surface area contributed by atoms with Crippen molar-refractivity contribution in [2.75, 3.05) is 0 Å². The number of aryl methyl sites for hydroxylation is 2. The summed E-state index contributed by atoms with van der Waals surface area (Å²) in [6.07, 6.45) is 2.55. The number of aldehydes is 1. The van der Waals surface area contributed by atoms with Crippen molar-refractivity contribution in [3.8, 4) is 11.1 Å². The molecule has 76 valence electrons. The monoisotopic (exact) mass is 200 g/mol. The molecule has 1 aromatic heterocycles. The molecule has 15 heavy (non-hydrogen) atoms. The molecule has 0 aliphatic carbocycles. The fourth-order valence-electron chi connectivity index (χ4n) is 1.54. The van der Waals surface area contributed by atoms with E-state index in [1.807, 2.05) is 31.2 Å². The highest BCUT2D eigenvalue weighted by molar-refractivity contribution is 5.85. The van der Waals surface area contributed by atoms with Gasteiger partial charge in [0.05, 0.1) is 6.20 Å². The number of hydrogen-bond donors (Lipinski definition) is 0. The molecule has 0 atom stereocenters. The van der Waals surface area contributed by atoms with Crippen molar-refractivity contribution >= 4 is 6.29 Å². The van der Waals surface area contributed by atoms with Gasteiger partial charge >= 0.3 is 0 Å². The van der Waals surface area contributed by atoms with E-state index in [2.05, 4.69) is 5.10 Å². The van der Waals surface area contributed by atoms with Gasteiger partial charge in [0.1, 0.15) is 5.69 Å². The van der Waals surface area contributed by atoms with Crippen molar-refractivity contribution in [3.05, 3.63) is 41.7 Å². The number of rotatable bonds is 2. The van der Waals surface area contributed by atoms with Crippen LogP contribution in [0, 0.1) is 6.92 Å². The van der Waals surface area contributed by atoms with Crippen LogP contribution in [0.5, 0.6) is 0 Å². The van der Waals surface area contributed by atoms with E-state index in [0.29, 0.717) is 5.69 Å².